The summed E-state index contributed by atoms with van der Waals surface area (Å²) in [5.74, 6) is -1.15. The average Bonchev–Trinajstić information content (AvgIpc) is 2.33. The molecule has 0 aromatic carbocycles. The summed E-state index contributed by atoms with van der Waals surface area (Å²) >= 11 is 0. The van der Waals surface area contributed by atoms with Gasteiger partial charge in [-0.05, 0) is 34.6 Å². The minimum absolute atomic E-state index is 0.0316. The molecule has 0 aromatic heterocycles. The van der Waals surface area contributed by atoms with Crippen molar-refractivity contribution >= 4 is 11.9 Å². The zero-order valence-corrected chi connectivity index (χ0v) is 14.5. The van der Waals surface area contributed by atoms with Gasteiger partial charge in [0.1, 0.15) is 5.60 Å². The maximum Gasteiger partial charge on any atom is 0.350 e. The standard InChI is InChI=1S/C15H29NO6/c1-14(2,3)22-13(19)15(4,5)21-12(18)11-16(7-9-17)8-10-20-6/h17H,7-11H2,1-6H3. The van der Waals surface area contributed by atoms with Crippen molar-refractivity contribution in [3.05, 3.63) is 0 Å². The Balaban J connectivity index is 4.56. The number of carbonyl (C=O) groups is 2. The highest BCUT2D eigenvalue weighted by Crippen LogP contribution is 2.17. The van der Waals surface area contributed by atoms with E-state index in [-0.39, 0.29) is 13.2 Å². The van der Waals surface area contributed by atoms with Crippen LogP contribution in [0.15, 0.2) is 0 Å². The van der Waals surface area contributed by atoms with Crippen LogP contribution >= 0.6 is 0 Å². The van der Waals surface area contributed by atoms with E-state index in [4.69, 9.17) is 19.3 Å². The van der Waals surface area contributed by atoms with Crippen LogP contribution in [0.1, 0.15) is 34.6 Å². The Kier molecular flexibility index (Phi) is 8.58. The molecular weight excluding hydrogens is 290 g/mol. The van der Waals surface area contributed by atoms with E-state index < -0.39 is 23.1 Å². The molecule has 0 heterocycles. The van der Waals surface area contributed by atoms with E-state index in [1.165, 1.54) is 13.8 Å². The zero-order valence-electron chi connectivity index (χ0n) is 14.5. The second-order valence-corrected chi connectivity index (χ2v) is 6.48. The molecule has 0 saturated carbocycles. The summed E-state index contributed by atoms with van der Waals surface area (Å²) in [6.45, 7) is 9.36. The predicted molar refractivity (Wildman–Crippen MR) is 81.4 cm³/mol. The van der Waals surface area contributed by atoms with Gasteiger partial charge in [-0.15, -0.1) is 0 Å². The minimum Gasteiger partial charge on any atom is -0.457 e. The van der Waals surface area contributed by atoms with Crippen molar-refractivity contribution in [1.82, 2.24) is 4.90 Å². The third kappa shape index (κ3) is 8.96. The number of aliphatic hydroxyl groups excluding tert-OH is 1. The summed E-state index contributed by atoms with van der Waals surface area (Å²) in [6, 6.07) is 0. The summed E-state index contributed by atoms with van der Waals surface area (Å²) in [6.07, 6.45) is 0. The molecule has 0 rings (SSSR count). The first kappa shape index (κ1) is 20.8. The predicted octanol–water partition coefficient (Wildman–Crippen LogP) is 0.591. The van der Waals surface area contributed by atoms with Gasteiger partial charge in [0.25, 0.3) is 0 Å². The zero-order chi connectivity index (χ0) is 17.4. The van der Waals surface area contributed by atoms with Crippen molar-refractivity contribution in [2.75, 3.05) is 40.0 Å². The topological polar surface area (TPSA) is 85.3 Å². The average molecular weight is 319 g/mol. The van der Waals surface area contributed by atoms with Crippen LogP contribution in [0.2, 0.25) is 0 Å². The lowest BCUT2D eigenvalue weighted by atomic mass is 10.1. The van der Waals surface area contributed by atoms with Crippen molar-refractivity contribution in [2.24, 2.45) is 0 Å². The van der Waals surface area contributed by atoms with Crippen LogP contribution in [0.3, 0.4) is 0 Å². The Labute approximate surface area is 132 Å². The first-order valence-corrected chi connectivity index (χ1v) is 7.29. The van der Waals surface area contributed by atoms with E-state index in [1.807, 2.05) is 0 Å². The van der Waals surface area contributed by atoms with E-state index in [0.717, 1.165) is 0 Å². The van der Waals surface area contributed by atoms with Crippen LogP contribution < -0.4 is 0 Å². The molecule has 0 saturated heterocycles. The quantitative estimate of drug-likeness (QED) is 0.623. The molecule has 0 amide bonds. The molecule has 7 nitrogen and oxygen atoms in total. The van der Waals surface area contributed by atoms with Gasteiger partial charge in [0.05, 0.1) is 19.8 Å². The number of aliphatic hydroxyl groups is 1. The summed E-state index contributed by atoms with van der Waals surface area (Å²) in [5.41, 5.74) is -2.02. The van der Waals surface area contributed by atoms with Crippen LogP contribution in [0, 0.1) is 0 Å². The van der Waals surface area contributed by atoms with E-state index in [9.17, 15) is 9.59 Å². The normalized spacial score (nSPS) is 12.4. The summed E-state index contributed by atoms with van der Waals surface area (Å²) in [7, 11) is 1.56. The van der Waals surface area contributed by atoms with Gasteiger partial charge in [0.15, 0.2) is 0 Å². The van der Waals surface area contributed by atoms with E-state index in [2.05, 4.69) is 0 Å². The highest BCUT2D eigenvalue weighted by atomic mass is 16.6. The second-order valence-electron chi connectivity index (χ2n) is 6.48. The van der Waals surface area contributed by atoms with Crippen LogP contribution in [-0.2, 0) is 23.8 Å². The summed E-state index contributed by atoms with van der Waals surface area (Å²) < 4.78 is 15.4. The third-order valence-electron chi connectivity index (χ3n) is 2.64. The highest BCUT2D eigenvalue weighted by molar-refractivity contribution is 5.83. The number of ether oxygens (including phenoxy) is 3. The molecule has 1 N–H and O–H groups in total. The van der Waals surface area contributed by atoms with Gasteiger partial charge in [-0.25, -0.2) is 4.79 Å². The molecule has 0 aromatic rings. The lowest BCUT2D eigenvalue weighted by molar-refractivity contribution is -0.187. The van der Waals surface area contributed by atoms with Crippen molar-refractivity contribution < 1.29 is 28.9 Å². The Morgan fingerprint density at radius 3 is 2.09 bits per heavy atom. The van der Waals surface area contributed by atoms with E-state index >= 15 is 0 Å². The van der Waals surface area contributed by atoms with Crippen LogP contribution in [0.5, 0.6) is 0 Å². The molecule has 0 fully saturated rings. The largest absolute Gasteiger partial charge is 0.457 e. The van der Waals surface area contributed by atoms with Crippen LogP contribution in [0.4, 0.5) is 0 Å². The molecule has 0 atom stereocenters. The van der Waals surface area contributed by atoms with Crippen molar-refractivity contribution in [3.8, 4) is 0 Å². The Hall–Kier alpha value is -1.18. The molecule has 130 valence electrons. The van der Waals surface area contributed by atoms with Crippen LogP contribution in [0.25, 0.3) is 0 Å². The first-order valence-electron chi connectivity index (χ1n) is 7.29. The van der Waals surface area contributed by atoms with E-state index in [0.29, 0.717) is 19.7 Å². The van der Waals surface area contributed by atoms with Crippen molar-refractivity contribution in [2.45, 2.75) is 45.8 Å². The number of hydrogen-bond donors (Lipinski definition) is 1. The number of carbonyl (C=O) groups excluding carboxylic acids is 2. The van der Waals surface area contributed by atoms with Gasteiger partial charge >= 0.3 is 11.9 Å². The lowest BCUT2D eigenvalue weighted by Crippen LogP contribution is -2.45. The second kappa shape index (κ2) is 9.07. The monoisotopic (exact) mass is 319 g/mol. The Morgan fingerprint density at radius 1 is 1.05 bits per heavy atom. The molecular formula is C15H29NO6. The van der Waals surface area contributed by atoms with Crippen molar-refractivity contribution in [3.63, 3.8) is 0 Å². The minimum atomic E-state index is -1.36. The molecule has 0 spiro atoms. The lowest BCUT2D eigenvalue weighted by Gasteiger charge is -2.29. The number of methoxy groups -OCH3 is 1. The highest BCUT2D eigenvalue weighted by Gasteiger charge is 2.36. The number of nitrogens with zero attached hydrogens (tertiary/aromatic N) is 1. The van der Waals surface area contributed by atoms with E-state index in [1.54, 1.807) is 32.8 Å². The maximum absolute atomic E-state index is 12.0. The van der Waals surface area contributed by atoms with Gasteiger partial charge in [-0.3, -0.25) is 9.69 Å². The van der Waals surface area contributed by atoms with Crippen molar-refractivity contribution in [1.29, 1.82) is 0 Å². The fraction of sp³-hybridized carbons (Fsp3) is 0.867. The molecule has 0 aliphatic carbocycles. The smallest absolute Gasteiger partial charge is 0.350 e. The fourth-order valence-electron chi connectivity index (χ4n) is 1.57. The number of hydrogen-bond acceptors (Lipinski definition) is 7. The third-order valence-corrected chi connectivity index (χ3v) is 2.64. The van der Waals surface area contributed by atoms with Gasteiger partial charge in [-0.1, -0.05) is 0 Å². The first-order chi connectivity index (χ1) is 10.0. The molecule has 0 radical (unpaired) electrons. The molecule has 0 aliphatic rings. The Bertz CT molecular complexity index is 362. The van der Waals surface area contributed by atoms with Gasteiger partial charge in [0, 0.05) is 20.2 Å². The van der Waals surface area contributed by atoms with Crippen LogP contribution in [-0.4, -0.2) is 73.1 Å². The summed E-state index contributed by atoms with van der Waals surface area (Å²) in [5, 5.41) is 8.99. The van der Waals surface area contributed by atoms with Gasteiger partial charge in [0.2, 0.25) is 5.60 Å². The SMILES string of the molecule is COCCN(CCO)CC(=O)OC(C)(C)C(=O)OC(C)(C)C. The van der Waals surface area contributed by atoms with Gasteiger partial charge in [-0.2, -0.15) is 0 Å². The molecule has 22 heavy (non-hydrogen) atoms. The molecule has 0 unspecified atom stereocenters. The number of esters is 2. The maximum atomic E-state index is 12.0. The van der Waals surface area contributed by atoms with Gasteiger partial charge < -0.3 is 19.3 Å². The number of rotatable bonds is 9. The molecule has 0 bridgehead atoms. The fourth-order valence-corrected chi connectivity index (χ4v) is 1.57. The summed E-state index contributed by atoms with van der Waals surface area (Å²) in [4.78, 5) is 25.7. The molecule has 0 aliphatic heterocycles. The Morgan fingerprint density at radius 2 is 1.64 bits per heavy atom. The molecule has 7 heteroatoms.